The first kappa shape index (κ1) is 20.5. The SMILES string of the molecule is CCN(C)n1c(O)c(N=Nc2nnc(C(C)=O)n2C)c(OC)c(C(N)=O)c1=O. The Labute approximate surface area is 159 Å². The number of primary amides is 1. The van der Waals surface area contributed by atoms with E-state index < -0.39 is 22.9 Å². The highest BCUT2D eigenvalue weighted by Crippen LogP contribution is 2.38. The second kappa shape index (κ2) is 7.85. The normalized spacial score (nSPS) is 11.0. The Balaban J connectivity index is 2.75. The molecule has 0 aromatic carbocycles. The number of aromatic hydroxyl groups is 1. The standard InChI is InChI=1S/C15H20N8O5/c1-6-21(3)23-13(26)8(11(16)25)10(28-5)9(14(23)27)17-19-15-20-18-12(7(2)24)22(15)4/h27H,6H2,1-5H3,(H2,16,25). The van der Waals surface area contributed by atoms with Gasteiger partial charge in [-0.15, -0.1) is 20.4 Å². The maximum atomic E-state index is 12.6. The van der Waals surface area contributed by atoms with Gasteiger partial charge >= 0.3 is 0 Å². The Morgan fingerprint density at radius 2 is 1.96 bits per heavy atom. The Morgan fingerprint density at radius 1 is 1.32 bits per heavy atom. The second-order valence-corrected chi connectivity index (χ2v) is 5.67. The number of pyridine rings is 1. The molecule has 0 spiro atoms. The summed E-state index contributed by atoms with van der Waals surface area (Å²) in [6, 6.07) is 0. The monoisotopic (exact) mass is 392 g/mol. The summed E-state index contributed by atoms with van der Waals surface area (Å²) in [7, 11) is 4.20. The topological polar surface area (TPSA) is 170 Å². The van der Waals surface area contributed by atoms with Crippen LogP contribution in [0.5, 0.6) is 11.6 Å². The van der Waals surface area contributed by atoms with Crippen molar-refractivity contribution in [2.45, 2.75) is 13.8 Å². The lowest BCUT2D eigenvalue weighted by molar-refractivity contribution is 0.0988. The number of amides is 1. The average molecular weight is 392 g/mol. The maximum Gasteiger partial charge on any atom is 0.288 e. The molecule has 0 aliphatic carbocycles. The maximum absolute atomic E-state index is 12.6. The van der Waals surface area contributed by atoms with Crippen LogP contribution in [0.2, 0.25) is 0 Å². The molecule has 13 nitrogen and oxygen atoms in total. The van der Waals surface area contributed by atoms with Gasteiger partial charge in [0.05, 0.1) is 7.11 Å². The number of nitrogens with zero attached hydrogens (tertiary/aromatic N) is 7. The van der Waals surface area contributed by atoms with Crippen molar-refractivity contribution < 1.29 is 19.4 Å². The Morgan fingerprint density at radius 3 is 2.43 bits per heavy atom. The molecule has 0 aliphatic rings. The van der Waals surface area contributed by atoms with E-state index in [1.807, 2.05) is 0 Å². The molecule has 13 heteroatoms. The second-order valence-electron chi connectivity index (χ2n) is 5.67. The molecule has 2 rings (SSSR count). The van der Waals surface area contributed by atoms with Crippen molar-refractivity contribution >= 4 is 23.3 Å². The third-order valence-electron chi connectivity index (χ3n) is 3.92. The molecule has 0 fully saturated rings. The Kier molecular flexibility index (Phi) is 5.76. The van der Waals surface area contributed by atoms with Gasteiger partial charge in [-0.05, 0) is 6.92 Å². The van der Waals surface area contributed by atoms with E-state index >= 15 is 0 Å². The fourth-order valence-corrected chi connectivity index (χ4v) is 2.39. The van der Waals surface area contributed by atoms with Gasteiger partial charge < -0.3 is 20.6 Å². The summed E-state index contributed by atoms with van der Waals surface area (Å²) in [5, 5.41) is 27.0. The minimum Gasteiger partial charge on any atom is -0.493 e. The van der Waals surface area contributed by atoms with Crippen LogP contribution in [0.25, 0.3) is 0 Å². The summed E-state index contributed by atoms with van der Waals surface area (Å²) in [6.07, 6.45) is 0. The first-order chi connectivity index (χ1) is 13.1. The van der Waals surface area contributed by atoms with Crippen LogP contribution in [0.3, 0.4) is 0 Å². The van der Waals surface area contributed by atoms with Gasteiger partial charge in [0, 0.05) is 27.6 Å². The smallest absolute Gasteiger partial charge is 0.288 e. The number of methoxy groups -OCH3 is 1. The minimum atomic E-state index is -1.06. The van der Waals surface area contributed by atoms with E-state index in [0.717, 1.165) is 4.68 Å². The number of aromatic nitrogens is 4. The molecule has 150 valence electrons. The summed E-state index contributed by atoms with van der Waals surface area (Å²) in [5.41, 5.74) is 3.63. The van der Waals surface area contributed by atoms with Gasteiger partial charge in [0.15, 0.2) is 22.8 Å². The molecular formula is C15H20N8O5. The zero-order valence-corrected chi connectivity index (χ0v) is 16.0. The zero-order valence-electron chi connectivity index (χ0n) is 16.0. The predicted octanol–water partition coefficient (Wildman–Crippen LogP) is -0.00440. The van der Waals surface area contributed by atoms with E-state index in [9.17, 15) is 19.5 Å². The van der Waals surface area contributed by atoms with Gasteiger partial charge in [0.25, 0.3) is 17.4 Å². The zero-order chi connectivity index (χ0) is 21.2. The van der Waals surface area contributed by atoms with Gasteiger partial charge in [0.2, 0.25) is 11.7 Å². The van der Waals surface area contributed by atoms with E-state index in [0.29, 0.717) is 6.54 Å². The minimum absolute atomic E-state index is 0.0473. The lowest BCUT2D eigenvalue weighted by atomic mass is 10.2. The summed E-state index contributed by atoms with van der Waals surface area (Å²) >= 11 is 0. The lowest BCUT2D eigenvalue weighted by Gasteiger charge is -2.23. The van der Waals surface area contributed by atoms with Crippen LogP contribution in [-0.4, -0.2) is 56.9 Å². The molecule has 0 bridgehead atoms. The van der Waals surface area contributed by atoms with Crippen molar-refractivity contribution in [3.8, 4) is 11.6 Å². The molecule has 28 heavy (non-hydrogen) atoms. The van der Waals surface area contributed by atoms with Crippen LogP contribution < -0.4 is 21.0 Å². The van der Waals surface area contributed by atoms with Crippen molar-refractivity contribution in [1.29, 1.82) is 0 Å². The fraction of sp³-hybridized carbons (Fsp3) is 0.400. The first-order valence-electron chi connectivity index (χ1n) is 8.04. The molecule has 2 aromatic rings. The number of ether oxygens (including phenoxy) is 1. The number of rotatable bonds is 7. The average Bonchev–Trinajstić information content (AvgIpc) is 3.00. The number of ketones is 1. The number of nitrogens with two attached hydrogens (primary N) is 1. The fourth-order valence-electron chi connectivity index (χ4n) is 2.39. The van der Waals surface area contributed by atoms with Crippen molar-refractivity contribution in [2.24, 2.45) is 23.0 Å². The highest BCUT2D eigenvalue weighted by Gasteiger charge is 2.27. The van der Waals surface area contributed by atoms with Crippen LogP contribution in [0, 0.1) is 0 Å². The number of Topliss-reactive ketones (excluding diaryl/α,β-unsaturated/α-hetero) is 1. The van der Waals surface area contributed by atoms with Crippen molar-refractivity contribution in [3.63, 3.8) is 0 Å². The van der Waals surface area contributed by atoms with E-state index in [-0.39, 0.29) is 29.0 Å². The number of azo groups is 1. The number of hydrogen-bond donors (Lipinski definition) is 2. The van der Waals surface area contributed by atoms with Crippen LogP contribution in [0.1, 0.15) is 34.8 Å². The Bertz CT molecular complexity index is 1020. The number of carbonyl (C=O) groups is 2. The van der Waals surface area contributed by atoms with E-state index in [1.165, 1.54) is 37.7 Å². The number of carbonyl (C=O) groups excluding carboxylic acids is 2. The van der Waals surface area contributed by atoms with Crippen molar-refractivity contribution in [2.75, 3.05) is 25.7 Å². The highest BCUT2D eigenvalue weighted by molar-refractivity contribution is 5.97. The molecule has 0 unspecified atom stereocenters. The summed E-state index contributed by atoms with van der Waals surface area (Å²) < 4.78 is 7.20. The Hall–Kier alpha value is -3.77. The van der Waals surface area contributed by atoms with Gasteiger partial charge in [-0.2, -0.15) is 4.68 Å². The molecule has 1 amide bonds. The van der Waals surface area contributed by atoms with Crippen LogP contribution in [0.4, 0.5) is 11.6 Å². The molecule has 0 atom stereocenters. The predicted molar refractivity (Wildman–Crippen MR) is 97.3 cm³/mol. The van der Waals surface area contributed by atoms with E-state index in [2.05, 4.69) is 20.4 Å². The third-order valence-corrected chi connectivity index (χ3v) is 3.92. The van der Waals surface area contributed by atoms with Crippen LogP contribution >= 0.6 is 0 Å². The van der Waals surface area contributed by atoms with Gasteiger partial charge in [0.1, 0.15) is 0 Å². The molecular weight excluding hydrogens is 372 g/mol. The molecule has 3 N–H and O–H groups in total. The van der Waals surface area contributed by atoms with Crippen molar-refractivity contribution in [3.05, 3.63) is 21.7 Å². The molecule has 0 radical (unpaired) electrons. The largest absolute Gasteiger partial charge is 0.493 e. The number of hydrogen-bond acceptors (Lipinski definition) is 10. The third kappa shape index (κ3) is 3.41. The quantitative estimate of drug-likeness (QED) is 0.489. The lowest BCUT2D eigenvalue weighted by Crippen LogP contribution is -2.42. The van der Waals surface area contributed by atoms with Crippen LogP contribution in [0.15, 0.2) is 15.0 Å². The summed E-state index contributed by atoms with van der Waals surface area (Å²) in [6.45, 7) is 3.36. The van der Waals surface area contributed by atoms with E-state index in [1.54, 1.807) is 6.92 Å². The summed E-state index contributed by atoms with van der Waals surface area (Å²) in [5.74, 6) is -2.34. The molecule has 0 saturated heterocycles. The first-order valence-corrected chi connectivity index (χ1v) is 8.04. The molecule has 0 saturated carbocycles. The van der Waals surface area contributed by atoms with Crippen LogP contribution in [-0.2, 0) is 7.05 Å². The van der Waals surface area contributed by atoms with Gasteiger partial charge in [-0.1, -0.05) is 0 Å². The summed E-state index contributed by atoms with van der Waals surface area (Å²) in [4.78, 5) is 35.9. The molecule has 2 aromatic heterocycles. The van der Waals surface area contributed by atoms with Gasteiger partial charge in [-0.25, -0.2) is 0 Å². The highest BCUT2D eigenvalue weighted by atomic mass is 16.5. The van der Waals surface area contributed by atoms with E-state index in [4.69, 9.17) is 10.5 Å². The molecule has 2 heterocycles. The molecule has 0 aliphatic heterocycles. The van der Waals surface area contributed by atoms with Crippen molar-refractivity contribution in [1.82, 2.24) is 19.4 Å². The van der Waals surface area contributed by atoms with Gasteiger partial charge in [-0.3, -0.25) is 19.0 Å².